The molecule has 0 saturated carbocycles. The van der Waals surface area contributed by atoms with Crippen LogP contribution in [0.15, 0.2) is 59.7 Å². The molecule has 0 aliphatic carbocycles. The third-order valence-electron chi connectivity index (χ3n) is 5.70. The van der Waals surface area contributed by atoms with E-state index in [2.05, 4.69) is 26.9 Å². The molecular formula is C26H21FN6O2. The number of nitrogens with zero attached hydrogens (tertiary/aromatic N) is 5. The zero-order chi connectivity index (χ0) is 24.7. The van der Waals surface area contributed by atoms with Crippen molar-refractivity contribution in [3.8, 4) is 17.5 Å². The van der Waals surface area contributed by atoms with E-state index >= 15 is 0 Å². The van der Waals surface area contributed by atoms with Crippen LogP contribution in [-0.2, 0) is 6.54 Å². The zero-order valence-electron chi connectivity index (χ0n) is 19.0. The van der Waals surface area contributed by atoms with Crippen LogP contribution in [0.5, 0.6) is 0 Å². The first kappa shape index (κ1) is 22.3. The van der Waals surface area contributed by atoms with E-state index in [1.807, 2.05) is 31.2 Å². The largest absolute Gasteiger partial charge is 0.383 e. The fourth-order valence-corrected chi connectivity index (χ4v) is 4.12. The van der Waals surface area contributed by atoms with Crippen LogP contribution in [0.25, 0.3) is 27.5 Å². The topological polar surface area (TPSA) is 112 Å². The summed E-state index contributed by atoms with van der Waals surface area (Å²) >= 11 is 0. The average molecular weight is 468 g/mol. The van der Waals surface area contributed by atoms with Gasteiger partial charge in [-0.05, 0) is 48.9 Å². The zero-order valence-corrected chi connectivity index (χ0v) is 19.0. The van der Waals surface area contributed by atoms with Crippen molar-refractivity contribution in [3.63, 3.8) is 0 Å². The molecule has 3 heterocycles. The lowest BCUT2D eigenvalue weighted by Crippen LogP contribution is -2.25. The van der Waals surface area contributed by atoms with Crippen LogP contribution in [0.1, 0.15) is 23.9 Å². The molecule has 0 fully saturated rings. The van der Waals surface area contributed by atoms with Gasteiger partial charge in [-0.3, -0.25) is 9.36 Å². The van der Waals surface area contributed by atoms with Crippen molar-refractivity contribution in [3.05, 3.63) is 88.0 Å². The van der Waals surface area contributed by atoms with Gasteiger partial charge in [-0.25, -0.2) is 19.0 Å². The lowest BCUT2D eigenvalue weighted by atomic mass is 10.1. The fraction of sp³-hybridized carbons (Fsp3) is 0.154. The van der Waals surface area contributed by atoms with E-state index in [4.69, 9.17) is 5.73 Å². The Hall–Kier alpha value is -4.55. The number of fused-ring (bicyclic) bond motifs is 2. The minimum absolute atomic E-state index is 0.0138. The van der Waals surface area contributed by atoms with E-state index in [9.17, 15) is 14.3 Å². The molecular weight excluding hydrogens is 447 g/mol. The number of rotatable bonds is 3. The Bertz CT molecular complexity index is 1730. The smallest absolute Gasteiger partial charge is 0.266 e. The van der Waals surface area contributed by atoms with Crippen LogP contribution in [0, 0.1) is 24.6 Å². The number of aliphatic hydroxyl groups is 1. The molecule has 5 rings (SSSR count). The summed E-state index contributed by atoms with van der Waals surface area (Å²) in [5.74, 6) is 5.11. The molecule has 0 unspecified atom stereocenters. The predicted octanol–water partition coefficient (Wildman–Crippen LogP) is 2.94. The second-order valence-electron chi connectivity index (χ2n) is 8.18. The summed E-state index contributed by atoms with van der Waals surface area (Å²) in [6, 6.07) is 13.7. The number of hydrogen-bond donors (Lipinski definition) is 2. The molecule has 9 heteroatoms. The molecule has 3 aromatic heterocycles. The van der Waals surface area contributed by atoms with Crippen molar-refractivity contribution in [2.24, 2.45) is 0 Å². The van der Waals surface area contributed by atoms with Crippen LogP contribution in [-0.4, -0.2) is 35.5 Å². The maximum Gasteiger partial charge on any atom is 0.266 e. The molecule has 1 atom stereocenters. The Morgan fingerprint density at radius 1 is 1.14 bits per heavy atom. The monoisotopic (exact) mass is 468 g/mol. The Morgan fingerprint density at radius 2 is 1.94 bits per heavy atom. The number of anilines is 1. The van der Waals surface area contributed by atoms with Crippen molar-refractivity contribution in [2.75, 3.05) is 5.73 Å². The van der Waals surface area contributed by atoms with E-state index in [0.717, 1.165) is 5.56 Å². The number of para-hydroxylation sites is 1. The predicted molar refractivity (Wildman–Crippen MR) is 132 cm³/mol. The number of hydrogen-bond acceptors (Lipinski definition) is 6. The Balaban J connectivity index is 1.79. The lowest BCUT2D eigenvalue weighted by Gasteiger charge is -2.17. The van der Waals surface area contributed by atoms with Crippen LogP contribution in [0.2, 0.25) is 0 Å². The summed E-state index contributed by atoms with van der Waals surface area (Å²) in [5, 5.41) is 15.1. The molecule has 8 nitrogen and oxygen atoms in total. The second-order valence-corrected chi connectivity index (χ2v) is 8.18. The molecule has 0 saturated heterocycles. The number of aromatic nitrogens is 5. The lowest BCUT2D eigenvalue weighted by molar-refractivity contribution is 0.253. The van der Waals surface area contributed by atoms with E-state index in [1.54, 1.807) is 29.8 Å². The van der Waals surface area contributed by atoms with Gasteiger partial charge in [-0.1, -0.05) is 36.3 Å². The van der Waals surface area contributed by atoms with E-state index in [-0.39, 0.29) is 17.7 Å². The summed E-state index contributed by atoms with van der Waals surface area (Å²) in [5.41, 5.74) is 8.43. The number of nitrogen functional groups attached to an aromatic ring is 1. The Labute approximate surface area is 199 Å². The molecule has 0 radical (unpaired) electrons. The molecule has 2 aromatic carbocycles. The van der Waals surface area contributed by atoms with E-state index in [0.29, 0.717) is 33.5 Å². The summed E-state index contributed by atoms with van der Waals surface area (Å²) in [7, 11) is 0. The van der Waals surface area contributed by atoms with Gasteiger partial charge in [0.1, 0.15) is 29.8 Å². The number of nitrogens with two attached hydrogens (primary N) is 1. The number of aryl methyl sites for hydroxylation is 1. The maximum atomic E-state index is 14.7. The first-order valence-corrected chi connectivity index (χ1v) is 10.9. The molecule has 174 valence electrons. The quantitative estimate of drug-likeness (QED) is 0.394. The average Bonchev–Trinajstić information content (AvgIpc) is 3.17. The van der Waals surface area contributed by atoms with Gasteiger partial charge in [-0.2, -0.15) is 5.10 Å². The van der Waals surface area contributed by atoms with Crippen LogP contribution >= 0.6 is 0 Å². The first-order valence-electron chi connectivity index (χ1n) is 10.9. The third kappa shape index (κ3) is 3.90. The first-order chi connectivity index (χ1) is 16.8. The molecule has 0 aliphatic rings. The van der Waals surface area contributed by atoms with Gasteiger partial charge >= 0.3 is 0 Å². The van der Waals surface area contributed by atoms with Gasteiger partial charge < -0.3 is 10.8 Å². The SMILES string of the molecule is Cc1ccccc1-n1c(Cn2nc(C#C[C@@H](C)O)c3c(N)ncnc32)cc2cccc(F)c2c1=O. The highest BCUT2D eigenvalue weighted by Gasteiger charge is 2.19. The van der Waals surface area contributed by atoms with Crippen LogP contribution in [0.4, 0.5) is 10.2 Å². The van der Waals surface area contributed by atoms with Crippen molar-refractivity contribution < 1.29 is 9.50 Å². The van der Waals surface area contributed by atoms with Crippen molar-refractivity contribution in [2.45, 2.75) is 26.5 Å². The highest BCUT2D eigenvalue weighted by molar-refractivity contribution is 5.90. The number of benzene rings is 2. The summed E-state index contributed by atoms with van der Waals surface area (Å²) in [4.78, 5) is 22.0. The normalized spacial score (nSPS) is 12.0. The van der Waals surface area contributed by atoms with Gasteiger partial charge in [-0.15, -0.1) is 0 Å². The number of aliphatic hydroxyl groups excluding tert-OH is 1. The molecule has 0 bridgehead atoms. The van der Waals surface area contributed by atoms with Crippen LogP contribution < -0.4 is 11.3 Å². The molecule has 0 amide bonds. The third-order valence-corrected chi connectivity index (χ3v) is 5.70. The van der Waals surface area contributed by atoms with Gasteiger partial charge in [0.2, 0.25) is 0 Å². The number of halogens is 1. The second kappa shape index (κ2) is 8.66. The van der Waals surface area contributed by atoms with Gasteiger partial charge in [0.15, 0.2) is 5.65 Å². The summed E-state index contributed by atoms with van der Waals surface area (Å²) in [6.07, 6.45) is 0.467. The Morgan fingerprint density at radius 3 is 2.71 bits per heavy atom. The standard InChI is InChI=1S/C26H21FN6O2/c1-15-6-3-4-9-21(15)33-18(12-17-7-5-8-19(27)22(17)26(33)35)13-32-25-23(24(28)29-14-30-25)20(31-32)11-10-16(2)34/h3-9,12,14,16,34H,13H2,1-2H3,(H2,28,29,30)/t16-/m1/s1. The summed E-state index contributed by atoms with van der Waals surface area (Å²) < 4.78 is 17.8. The minimum atomic E-state index is -0.859. The molecule has 35 heavy (non-hydrogen) atoms. The molecule has 5 aromatic rings. The Kier molecular flexibility index (Phi) is 5.51. The van der Waals surface area contributed by atoms with E-state index < -0.39 is 17.5 Å². The van der Waals surface area contributed by atoms with Gasteiger partial charge in [0, 0.05) is 5.69 Å². The number of pyridine rings is 1. The molecule has 3 N–H and O–H groups in total. The molecule has 0 aliphatic heterocycles. The van der Waals surface area contributed by atoms with Crippen molar-refractivity contribution in [1.82, 2.24) is 24.3 Å². The maximum absolute atomic E-state index is 14.7. The fourth-order valence-electron chi connectivity index (χ4n) is 4.12. The summed E-state index contributed by atoms with van der Waals surface area (Å²) in [6.45, 7) is 3.55. The molecule has 0 spiro atoms. The van der Waals surface area contributed by atoms with Gasteiger partial charge in [0.25, 0.3) is 5.56 Å². The minimum Gasteiger partial charge on any atom is -0.383 e. The highest BCUT2D eigenvalue weighted by atomic mass is 19.1. The van der Waals surface area contributed by atoms with Crippen LogP contribution in [0.3, 0.4) is 0 Å². The van der Waals surface area contributed by atoms with E-state index in [1.165, 1.54) is 17.0 Å². The van der Waals surface area contributed by atoms with Crippen molar-refractivity contribution >= 4 is 27.6 Å². The highest BCUT2D eigenvalue weighted by Crippen LogP contribution is 2.24. The van der Waals surface area contributed by atoms with Crippen molar-refractivity contribution in [1.29, 1.82) is 0 Å². The van der Waals surface area contributed by atoms with Gasteiger partial charge in [0.05, 0.1) is 23.0 Å².